The minimum Gasteiger partial charge on any atom is -0.398 e. The Bertz CT molecular complexity index is 623. The SMILES string of the molecule is Cn1ccnc1CNc1cc(C(N)=O)c(N)cc1F. The van der Waals surface area contributed by atoms with Crippen LogP contribution in [-0.2, 0) is 13.6 Å². The average Bonchev–Trinajstić information content (AvgIpc) is 2.73. The third kappa shape index (κ3) is 2.65. The molecule has 0 saturated carbocycles. The number of hydrogen-bond donors (Lipinski definition) is 3. The van der Waals surface area contributed by atoms with E-state index in [0.717, 1.165) is 11.9 Å². The van der Waals surface area contributed by atoms with E-state index >= 15 is 0 Å². The molecule has 0 radical (unpaired) electrons. The highest BCUT2D eigenvalue weighted by molar-refractivity contribution is 5.99. The summed E-state index contributed by atoms with van der Waals surface area (Å²) in [4.78, 5) is 15.2. The normalized spacial score (nSPS) is 10.4. The topological polar surface area (TPSA) is 99.0 Å². The quantitative estimate of drug-likeness (QED) is 0.712. The van der Waals surface area contributed by atoms with Crippen LogP contribution < -0.4 is 16.8 Å². The molecule has 2 aromatic rings. The number of carbonyl (C=O) groups is 1. The van der Waals surface area contributed by atoms with E-state index < -0.39 is 11.7 Å². The van der Waals surface area contributed by atoms with Crippen LogP contribution in [0.25, 0.3) is 0 Å². The lowest BCUT2D eigenvalue weighted by Crippen LogP contribution is -2.15. The predicted molar refractivity (Wildman–Crippen MR) is 69.9 cm³/mol. The lowest BCUT2D eigenvalue weighted by Gasteiger charge is -2.10. The van der Waals surface area contributed by atoms with E-state index in [1.54, 1.807) is 17.0 Å². The van der Waals surface area contributed by atoms with Gasteiger partial charge in [0.15, 0.2) is 0 Å². The lowest BCUT2D eigenvalue weighted by molar-refractivity contribution is 0.100. The third-order valence-corrected chi connectivity index (χ3v) is 2.76. The molecule has 6 nitrogen and oxygen atoms in total. The van der Waals surface area contributed by atoms with Gasteiger partial charge in [0.05, 0.1) is 17.8 Å². The monoisotopic (exact) mass is 263 g/mol. The summed E-state index contributed by atoms with van der Waals surface area (Å²) in [5, 5.41) is 2.86. The molecule has 0 aliphatic rings. The molecule has 0 bridgehead atoms. The third-order valence-electron chi connectivity index (χ3n) is 2.76. The summed E-state index contributed by atoms with van der Waals surface area (Å²) in [6.45, 7) is 0.322. The maximum Gasteiger partial charge on any atom is 0.250 e. The Balaban J connectivity index is 2.23. The van der Waals surface area contributed by atoms with Gasteiger partial charge in [0.2, 0.25) is 0 Å². The minimum absolute atomic E-state index is 0.0209. The number of amides is 1. The van der Waals surface area contributed by atoms with Crippen molar-refractivity contribution in [1.29, 1.82) is 0 Å². The fraction of sp³-hybridized carbons (Fsp3) is 0.167. The molecule has 0 spiro atoms. The van der Waals surface area contributed by atoms with Gasteiger partial charge < -0.3 is 21.4 Å². The number of rotatable bonds is 4. The van der Waals surface area contributed by atoms with E-state index in [1.807, 2.05) is 7.05 Å². The molecule has 1 amide bonds. The Labute approximate surface area is 109 Å². The molecule has 19 heavy (non-hydrogen) atoms. The zero-order valence-electron chi connectivity index (χ0n) is 10.4. The number of aryl methyl sites for hydroxylation is 1. The molecule has 0 fully saturated rings. The van der Waals surface area contributed by atoms with Crippen LogP contribution in [0.15, 0.2) is 24.5 Å². The standard InChI is InChI=1S/C12H14FN5O/c1-18-3-2-16-11(18)6-17-10-4-7(12(15)19)9(14)5-8(10)13/h2-5,17H,6,14H2,1H3,(H2,15,19). The Morgan fingerprint density at radius 2 is 2.26 bits per heavy atom. The van der Waals surface area contributed by atoms with Gasteiger partial charge in [-0.05, 0) is 12.1 Å². The highest BCUT2D eigenvalue weighted by Gasteiger charge is 2.12. The van der Waals surface area contributed by atoms with E-state index in [0.29, 0.717) is 6.54 Å². The summed E-state index contributed by atoms with van der Waals surface area (Å²) in [5.41, 5.74) is 10.9. The molecule has 1 aromatic heterocycles. The number of nitrogens with one attached hydrogen (secondary N) is 1. The first kappa shape index (κ1) is 12.9. The Kier molecular flexibility index (Phi) is 3.37. The Hall–Kier alpha value is -2.57. The molecular weight excluding hydrogens is 249 g/mol. The first-order chi connectivity index (χ1) is 8.99. The number of halogens is 1. The summed E-state index contributed by atoms with van der Waals surface area (Å²) >= 11 is 0. The lowest BCUT2D eigenvalue weighted by atomic mass is 10.1. The number of benzene rings is 1. The van der Waals surface area contributed by atoms with Crippen LogP contribution in [0.2, 0.25) is 0 Å². The molecule has 0 atom stereocenters. The second kappa shape index (κ2) is 4.97. The van der Waals surface area contributed by atoms with Crippen molar-refractivity contribution in [2.75, 3.05) is 11.1 Å². The molecule has 7 heteroatoms. The molecule has 2 rings (SSSR count). The van der Waals surface area contributed by atoms with Gasteiger partial charge in [0, 0.05) is 25.1 Å². The summed E-state index contributed by atoms with van der Waals surface area (Å²) in [7, 11) is 1.83. The van der Waals surface area contributed by atoms with E-state index in [4.69, 9.17) is 11.5 Å². The predicted octanol–water partition coefficient (Wildman–Crippen LogP) is 0.852. The van der Waals surface area contributed by atoms with Crippen molar-refractivity contribution in [1.82, 2.24) is 9.55 Å². The molecule has 0 aliphatic heterocycles. The van der Waals surface area contributed by atoms with Crippen LogP contribution in [0.5, 0.6) is 0 Å². The molecule has 0 aliphatic carbocycles. The number of nitrogens with zero attached hydrogens (tertiary/aromatic N) is 2. The zero-order valence-corrected chi connectivity index (χ0v) is 10.4. The van der Waals surface area contributed by atoms with Gasteiger partial charge in [0.1, 0.15) is 11.6 Å². The van der Waals surface area contributed by atoms with Crippen LogP contribution in [0, 0.1) is 5.82 Å². The first-order valence-corrected chi connectivity index (χ1v) is 5.58. The Morgan fingerprint density at radius 3 is 2.84 bits per heavy atom. The first-order valence-electron chi connectivity index (χ1n) is 5.58. The second-order valence-corrected chi connectivity index (χ2v) is 4.09. The van der Waals surface area contributed by atoms with Crippen molar-refractivity contribution in [2.45, 2.75) is 6.54 Å². The fourth-order valence-corrected chi connectivity index (χ4v) is 1.68. The van der Waals surface area contributed by atoms with Crippen LogP contribution in [0.3, 0.4) is 0 Å². The van der Waals surface area contributed by atoms with E-state index in [2.05, 4.69) is 10.3 Å². The molecule has 0 saturated heterocycles. The molecule has 0 unspecified atom stereocenters. The van der Waals surface area contributed by atoms with Crippen molar-refractivity contribution in [3.8, 4) is 0 Å². The maximum atomic E-state index is 13.7. The number of nitrogens with two attached hydrogens (primary N) is 2. The van der Waals surface area contributed by atoms with Crippen LogP contribution >= 0.6 is 0 Å². The molecular formula is C12H14FN5O. The van der Waals surface area contributed by atoms with Gasteiger partial charge in [-0.25, -0.2) is 9.37 Å². The van der Waals surface area contributed by atoms with Crippen LogP contribution in [0.1, 0.15) is 16.2 Å². The smallest absolute Gasteiger partial charge is 0.250 e. The number of nitrogen functional groups attached to an aromatic ring is 1. The van der Waals surface area contributed by atoms with Gasteiger partial charge in [-0.15, -0.1) is 0 Å². The summed E-state index contributed by atoms with van der Waals surface area (Å²) in [5.74, 6) is -0.508. The maximum absolute atomic E-state index is 13.7. The molecule has 1 heterocycles. The Morgan fingerprint density at radius 1 is 1.53 bits per heavy atom. The van der Waals surface area contributed by atoms with Gasteiger partial charge >= 0.3 is 0 Å². The highest BCUT2D eigenvalue weighted by Crippen LogP contribution is 2.22. The molecule has 1 aromatic carbocycles. The van der Waals surface area contributed by atoms with Gasteiger partial charge in [-0.3, -0.25) is 4.79 Å². The largest absolute Gasteiger partial charge is 0.398 e. The van der Waals surface area contributed by atoms with E-state index in [1.165, 1.54) is 6.07 Å². The molecule has 5 N–H and O–H groups in total. The van der Waals surface area contributed by atoms with Crippen LogP contribution in [0.4, 0.5) is 15.8 Å². The van der Waals surface area contributed by atoms with E-state index in [-0.39, 0.29) is 16.9 Å². The van der Waals surface area contributed by atoms with Crippen molar-refractivity contribution >= 4 is 17.3 Å². The number of carbonyl (C=O) groups excluding carboxylic acids is 1. The summed E-state index contributed by atoms with van der Waals surface area (Å²) in [6.07, 6.45) is 3.43. The minimum atomic E-state index is -0.697. The number of primary amides is 1. The number of hydrogen-bond acceptors (Lipinski definition) is 4. The molecule has 100 valence electrons. The van der Waals surface area contributed by atoms with Crippen molar-refractivity contribution in [3.05, 3.63) is 41.7 Å². The van der Waals surface area contributed by atoms with E-state index in [9.17, 15) is 9.18 Å². The van der Waals surface area contributed by atoms with Gasteiger partial charge in [-0.1, -0.05) is 0 Å². The number of anilines is 2. The van der Waals surface area contributed by atoms with Crippen molar-refractivity contribution in [2.24, 2.45) is 12.8 Å². The highest BCUT2D eigenvalue weighted by atomic mass is 19.1. The van der Waals surface area contributed by atoms with Gasteiger partial charge in [-0.2, -0.15) is 0 Å². The van der Waals surface area contributed by atoms with Crippen molar-refractivity contribution in [3.63, 3.8) is 0 Å². The number of aromatic nitrogens is 2. The second-order valence-electron chi connectivity index (χ2n) is 4.09. The zero-order chi connectivity index (χ0) is 14.0. The average molecular weight is 263 g/mol. The fourth-order valence-electron chi connectivity index (χ4n) is 1.68. The number of imidazole rings is 1. The van der Waals surface area contributed by atoms with Crippen molar-refractivity contribution < 1.29 is 9.18 Å². The summed E-state index contributed by atoms with van der Waals surface area (Å²) in [6, 6.07) is 2.37. The van der Waals surface area contributed by atoms with Crippen LogP contribution in [-0.4, -0.2) is 15.5 Å². The van der Waals surface area contributed by atoms with Gasteiger partial charge in [0.25, 0.3) is 5.91 Å². The summed E-state index contributed by atoms with van der Waals surface area (Å²) < 4.78 is 15.5.